The van der Waals surface area contributed by atoms with E-state index in [1.807, 2.05) is 12.3 Å². The SMILES string of the molecule is c1nn2cnnc2cc1N1CCCC1. The first-order chi connectivity index (χ1) is 6.93. The van der Waals surface area contributed by atoms with Gasteiger partial charge in [0.2, 0.25) is 0 Å². The average Bonchev–Trinajstić information content (AvgIpc) is 2.88. The summed E-state index contributed by atoms with van der Waals surface area (Å²) in [4.78, 5) is 2.34. The van der Waals surface area contributed by atoms with Crippen LogP contribution in [0.2, 0.25) is 0 Å². The van der Waals surface area contributed by atoms with Gasteiger partial charge in [-0.1, -0.05) is 0 Å². The molecule has 0 aliphatic carbocycles. The maximum atomic E-state index is 4.24. The van der Waals surface area contributed by atoms with Crippen molar-refractivity contribution in [2.24, 2.45) is 0 Å². The highest BCUT2D eigenvalue weighted by Gasteiger charge is 2.13. The number of nitrogens with zero attached hydrogens (tertiary/aromatic N) is 5. The molecule has 1 aliphatic rings. The van der Waals surface area contributed by atoms with E-state index in [0.717, 1.165) is 24.4 Å². The predicted octanol–water partition coefficient (Wildman–Crippen LogP) is 0.724. The normalized spacial score (nSPS) is 16.7. The first-order valence-electron chi connectivity index (χ1n) is 4.84. The van der Waals surface area contributed by atoms with Gasteiger partial charge in [0.05, 0.1) is 11.9 Å². The van der Waals surface area contributed by atoms with Crippen LogP contribution >= 0.6 is 0 Å². The smallest absolute Gasteiger partial charge is 0.179 e. The number of hydrogen-bond donors (Lipinski definition) is 0. The summed E-state index contributed by atoms with van der Waals surface area (Å²) in [5.74, 6) is 0. The molecule has 72 valence electrons. The van der Waals surface area contributed by atoms with E-state index < -0.39 is 0 Å². The van der Waals surface area contributed by atoms with E-state index >= 15 is 0 Å². The van der Waals surface area contributed by atoms with Crippen molar-refractivity contribution in [3.05, 3.63) is 18.6 Å². The van der Waals surface area contributed by atoms with Gasteiger partial charge in [0.1, 0.15) is 6.33 Å². The molecule has 0 saturated carbocycles. The van der Waals surface area contributed by atoms with Crippen LogP contribution in [0.5, 0.6) is 0 Å². The second-order valence-corrected chi connectivity index (χ2v) is 3.54. The van der Waals surface area contributed by atoms with Gasteiger partial charge in [-0.3, -0.25) is 0 Å². The van der Waals surface area contributed by atoms with E-state index in [-0.39, 0.29) is 0 Å². The van der Waals surface area contributed by atoms with Gasteiger partial charge in [-0.25, -0.2) is 4.52 Å². The maximum absolute atomic E-state index is 4.24. The van der Waals surface area contributed by atoms with Gasteiger partial charge in [-0.2, -0.15) is 5.10 Å². The number of anilines is 1. The Morgan fingerprint density at radius 2 is 2.07 bits per heavy atom. The van der Waals surface area contributed by atoms with Crippen molar-refractivity contribution in [2.75, 3.05) is 18.0 Å². The third-order valence-electron chi connectivity index (χ3n) is 2.62. The molecule has 2 aromatic heterocycles. The molecule has 3 heterocycles. The van der Waals surface area contributed by atoms with Gasteiger partial charge < -0.3 is 4.90 Å². The molecule has 0 N–H and O–H groups in total. The summed E-state index contributed by atoms with van der Waals surface area (Å²) in [6.45, 7) is 2.26. The predicted molar refractivity (Wildman–Crippen MR) is 52.2 cm³/mol. The lowest BCUT2D eigenvalue weighted by atomic mass is 10.4. The molecule has 2 aromatic rings. The molecule has 5 heteroatoms. The molecule has 1 aliphatic heterocycles. The maximum Gasteiger partial charge on any atom is 0.179 e. The van der Waals surface area contributed by atoms with E-state index in [1.165, 1.54) is 12.8 Å². The quantitative estimate of drug-likeness (QED) is 0.663. The molecule has 0 bridgehead atoms. The second-order valence-electron chi connectivity index (χ2n) is 3.54. The first kappa shape index (κ1) is 7.73. The molecule has 1 saturated heterocycles. The van der Waals surface area contributed by atoms with Crippen molar-refractivity contribution in [3.8, 4) is 0 Å². The Morgan fingerprint density at radius 3 is 2.93 bits per heavy atom. The minimum Gasteiger partial charge on any atom is -0.370 e. The van der Waals surface area contributed by atoms with Gasteiger partial charge in [0.15, 0.2) is 5.65 Å². The molecule has 0 radical (unpaired) electrons. The zero-order chi connectivity index (χ0) is 9.38. The van der Waals surface area contributed by atoms with Crippen LogP contribution in [-0.4, -0.2) is 32.9 Å². The molecular formula is C9H11N5. The first-order valence-corrected chi connectivity index (χ1v) is 4.84. The van der Waals surface area contributed by atoms with E-state index in [9.17, 15) is 0 Å². The minimum atomic E-state index is 0.814. The van der Waals surface area contributed by atoms with Gasteiger partial charge >= 0.3 is 0 Å². The Balaban J connectivity index is 2.04. The number of fused-ring (bicyclic) bond motifs is 1. The highest BCUT2D eigenvalue weighted by Crippen LogP contribution is 2.19. The Morgan fingerprint density at radius 1 is 1.21 bits per heavy atom. The fourth-order valence-corrected chi connectivity index (χ4v) is 1.86. The Labute approximate surface area is 81.4 Å². The van der Waals surface area contributed by atoms with Crippen LogP contribution in [0.4, 0.5) is 5.69 Å². The summed E-state index contributed by atoms with van der Waals surface area (Å²) < 4.78 is 1.68. The highest BCUT2D eigenvalue weighted by molar-refractivity contribution is 5.53. The Kier molecular flexibility index (Phi) is 1.62. The monoisotopic (exact) mass is 189 g/mol. The fraction of sp³-hybridized carbons (Fsp3) is 0.444. The summed E-state index contributed by atoms with van der Waals surface area (Å²) >= 11 is 0. The Hall–Kier alpha value is -1.65. The van der Waals surface area contributed by atoms with Crippen LogP contribution in [0.3, 0.4) is 0 Å². The van der Waals surface area contributed by atoms with Crippen LogP contribution < -0.4 is 4.90 Å². The number of rotatable bonds is 1. The summed E-state index contributed by atoms with van der Waals surface area (Å²) in [7, 11) is 0. The van der Waals surface area contributed by atoms with Crippen molar-refractivity contribution in [3.63, 3.8) is 0 Å². The molecule has 3 rings (SSSR count). The lowest BCUT2D eigenvalue weighted by Crippen LogP contribution is -2.18. The van der Waals surface area contributed by atoms with Crippen molar-refractivity contribution in [1.82, 2.24) is 19.8 Å². The Bertz CT molecular complexity index is 443. The third kappa shape index (κ3) is 1.13. The zero-order valence-corrected chi connectivity index (χ0v) is 7.80. The van der Waals surface area contributed by atoms with Crippen LogP contribution in [0.25, 0.3) is 5.65 Å². The van der Waals surface area contributed by atoms with Crippen LogP contribution in [-0.2, 0) is 0 Å². The summed E-state index contributed by atoms with van der Waals surface area (Å²) in [5, 5.41) is 12.0. The minimum absolute atomic E-state index is 0.814. The van der Waals surface area contributed by atoms with E-state index in [1.54, 1.807) is 10.8 Å². The van der Waals surface area contributed by atoms with Crippen LogP contribution in [0, 0.1) is 0 Å². The number of hydrogen-bond acceptors (Lipinski definition) is 4. The second kappa shape index (κ2) is 2.94. The largest absolute Gasteiger partial charge is 0.370 e. The topological polar surface area (TPSA) is 46.3 Å². The van der Waals surface area contributed by atoms with Crippen molar-refractivity contribution in [2.45, 2.75) is 12.8 Å². The van der Waals surface area contributed by atoms with Crippen LogP contribution in [0.1, 0.15) is 12.8 Å². The third-order valence-corrected chi connectivity index (χ3v) is 2.62. The molecule has 0 spiro atoms. The van der Waals surface area contributed by atoms with Gasteiger partial charge in [0.25, 0.3) is 0 Å². The number of aromatic nitrogens is 4. The molecule has 0 atom stereocenters. The molecule has 0 unspecified atom stereocenters. The van der Waals surface area contributed by atoms with Crippen molar-refractivity contribution >= 4 is 11.3 Å². The standard InChI is InChI=1S/C9H11N5/c1-2-4-13(3-1)8-5-9-12-10-7-14(9)11-6-8/h5-7H,1-4H2. The molecule has 14 heavy (non-hydrogen) atoms. The average molecular weight is 189 g/mol. The summed E-state index contributed by atoms with van der Waals surface area (Å²) in [6.07, 6.45) is 6.04. The van der Waals surface area contributed by atoms with E-state index in [4.69, 9.17) is 0 Å². The molecule has 5 nitrogen and oxygen atoms in total. The molecule has 1 fully saturated rings. The zero-order valence-electron chi connectivity index (χ0n) is 7.80. The lowest BCUT2D eigenvalue weighted by Gasteiger charge is -2.16. The highest BCUT2D eigenvalue weighted by atomic mass is 15.3. The van der Waals surface area contributed by atoms with Gasteiger partial charge in [0, 0.05) is 19.2 Å². The van der Waals surface area contributed by atoms with E-state index in [2.05, 4.69) is 20.2 Å². The molecule has 0 amide bonds. The van der Waals surface area contributed by atoms with Gasteiger partial charge in [-0.05, 0) is 12.8 Å². The van der Waals surface area contributed by atoms with Crippen LogP contribution in [0.15, 0.2) is 18.6 Å². The summed E-state index contributed by atoms with van der Waals surface area (Å²) in [5.41, 5.74) is 1.97. The molecule has 0 aromatic carbocycles. The van der Waals surface area contributed by atoms with E-state index in [0.29, 0.717) is 0 Å². The van der Waals surface area contributed by atoms with Crippen molar-refractivity contribution in [1.29, 1.82) is 0 Å². The molecular weight excluding hydrogens is 178 g/mol. The fourth-order valence-electron chi connectivity index (χ4n) is 1.86. The summed E-state index contributed by atoms with van der Waals surface area (Å²) in [6, 6.07) is 2.03. The van der Waals surface area contributed by atoms with Crippen molar-refractivity contribution < 1.29 is 0 Å². The lowest BCUT2D eigenvalue weighted by molar-refractivity contribution is 0.898. The van der Waals surface area contributed by atoms with Gasteiger partial charge in [-0.15, -0.1) is 10.2 Å².